The second kappa shape index (κ2) is 7.43. The highest BCUT2D eigenvalue weighted by Crippen LogP contribution is 2.08. The molecule has 106 valence electrons. The Hall–Kier alpha value is -2.17. The van der Waals surface area contributed by atoms with E-state index >= 15 is 0 Å². The molecule has 0 bridgehead atoms. The zero-order valence-corrected chi connectivity index (χ0v) is 12.1. The van der Waals surface area contributed by atoms with E-state index < -0.39 is 0 Å². The maximum absolute atomic E-state index is 4.38. The monoisotopic (exact) mass is 271 g/mol. The smallest absolute Gasteiger partial charge is 0.244 e. The third-order valence-corrected chi connectivity index (χ3v) is 2.97. The fraction of sp³-hybridized carbons (Fsp3) is 0.400. The Morgan fingerprint density at radius 2 is 1.90 bits per heavy atom. The van der Waals surface area contributed by atoms with E-state index in [1.807, 2.05) is 0 Å². The molecule has 1 heterocycles. The summed E-state index contributed by atoms with van der Waals surface area (Å²) in [7, 11) is 0. The first-order valence-electron chi connectivity index (χ1n) is 7.01. The van der Waals surface area contributed by atoms with Crippen LogP contribution in [0, 0.1) is 6.92 Å². The number of benzene rings is 1. The van der Waals surface area contributed by atoms with Gasteiger partial charge in [-0.15, -0.1) is 5.10 Å². The Kier molecular flexibility index (Phi) is 5.29. The van der Waals surface area contributed by atoms with Gasteiger partial charge in [0.2, 0.25) is 5.95 Å². The SMILES string of the molecule is CCCCNc1nncc(NCc2ccc(C)cc2)n1. The van der Waals surface area contributed by atoms with Crippen LogP contribution >= 0.6 is 0 Å². The van der Waals surface area contributed by atoms with E-state index in [1.165, 1.54) is 11.1 Å². The second-order valence-electron chi connectivity index (χ2n) is 4.78. The van der Waals surface area contributed by atoms with E-state index in [1.54, 1.807) is 6.20 Å². The molecule has 20 heavy (non-hydrogen) atoms. The van der Waals surface area contributed by atoms with E-state index in [0.717, 1.165) is 31.7 Å². The number of unbranched alkanes of at least 4 members (excludes halogenated alkanes) is 1. The van der Waals surface area contributed by atoms with Gasteiger partial charge in [0.15, 0.2) is 5.82 Å². The number of hydrogen-bond donors (Lipinski definition) is 2. The molecular formula is C15H21N5. The van der Waals surface area contributed by atoms with Crippen molar-refractivity contribution >= 4 is 11.8 Å². The minimum atomic E-state index is 0.576. The van der Waals surface area contributed by atoms with Crippen molar-refractivity contribution in [2.45, 2.75) is 33.2 Å². The van der Waals surface area contributed by atoms with Gasteiger partial charge in [-0.2, -0.15) is 10.1 Å². The number of rotatable bonds is 7. The van der Waals surface area contributed by atoms with Crippen LogP contribution in [0.5, 0.6) is 0 Å². The van der Waals surface area contributed by atoms with Gasteiger partial charge in [-0.3, -0.25) is 0 Å². The van der Waals surface area contributed by atoms with E-state index in [0.29, 0.717) is 5.95 Å². The van der Waals surface area contributed by atoms with Crippen LogP contribution < -0.4 is 10.6 Å². The topological polar surface area (TPSA) is 62.7 Å². The Balaban J connectivity index is 1.89. The molecule has 2 aromatic rings. The lowest BCUT2D eigenvalue weighted by Crippen LogP contribution is -2.09. The largest absolute Gasteiger partial charge is 0.365 e. The molecule has 5 nitrogen and oxygen atoms in total. The predicted molar refractivity (Wildman–Crippen MR) is 81.7 cm³/mol. The summed E-state index contributed by atoms with van der Waals surface area (Å²) in [6.07, 6.45) is 3.88. The molecule has 0 fully saturated rings. The van der Waals surface area contributed by atoms with Crippen LogP contribution in [0.2, 0.25) is 0 Å². The summed E-state index contributed by atoms with van der Waals surface area (Å²) in [6.45, 7) is 5.84. The molecule has 0 aliphatic heterocycles. The maximum Gasteiger partial charge on any atom is 0.244 e. The van der Waals surface area contributed by atoms with E-state index in [9.17, 15) is 0 Å². The number of nitrogens with one attached hydrogen (secondary N) is 2. The number of anilines is 2. The molecule has 5 heteroatoms. The van der Waals surface area contributed by atoms with Crippen molar-refractivity contribution in [1.82, 2.24) is 15.2 Å². The van der Waals surface area contributed by atoms with Gasteiger partial charge in [-0.1, -0.05) is 43.2 Å². The van der Waals surface area contributed by atoms with Crippen LogP contribution in [0.15, 0.2) is 30.5 Å². The minimum Gasteiger partial charge on any atom is -0.365 e. The first-order valence-corrected chi connectivity index (χ1v) is 7.01. The Morgan fingerprint density at radius 1 is 1.10 bits per heavy atom. The Labute approximate surface area is 119 Å². The van der Waals surface area contributed by atoms with Gasteiger partial charge in [-0.25, -0.2) is 0 Å². The van der Waals surface area contributed by atoms with E-state index in [4.69, 9.17) is 0 Å². The third kappa shape index (κ3) is 4.50. The summed E-state index contributed by atoms with van der Waals surface area (Å²) in [5, 5.41) is 14.3. The lowest BCUT2D eigenvalue weighted by Gasteiger charge is -2.07. The molecular weight excluding hydrogens is 250 g/mol. The van der Waals surface area contributed by atoms with Crippen LogP contribution in [-0.2, 0) is 6.54 Å². The first-order chi connectivity index (χ1) is 9.78. The molecule has 0 saturated carbocycles. The predicted octanol–water partition coefficient (Wildman–Crippen LogP) is 3.00. The third-order valence-electron chi connectivity index (χ3n) is 2.97. The van der Waals surface area contributed by atoms with Gasteiger partial charge in [0.05, 0.1) is 6.20 Å². The number of nitrogens with zero attached hydrogens (tertiary/aromatic N) is 3. The van der Waals surface area contributed by atoms with Crippen LogP contribution in [-0.4, -0.2) is 21.7 Å². The highest BCUT2D eigenvalue weighted by molar-refractivity contribution is 5.38. The highest BCUT2D eigenvalue weighted by atomic mass is 15.3. The lowest BCUT2D eigenvalue weighted by atomic mass is 10.1. The Bertz CT molecular complexity index is 524. The van der Waals surface area contributed by atoms with E-state index in [-0.39, 0.29) is 0 Å². The fourth-order valence-electron chi connectivity index (χ4n) is 1.74. The van der Waals surface area contributed by atoms with Gasteiger partial charge in [-0.05, 0) is 18.9 Å². The molecule has 1 aromatic heterocycles. The number of aromatic nitrogens is 3. The highest BCUT2D eigenvalue weighted by Gasteiger charge is 2.00. The van der Waals surface area contributed by atoms with E-state index in [2.05, 4.69) is 63.9 Å². The van der Waals surface area contributed by atoms with Crippen molar-refractivity contribution < 1.29 is 0 Å². The summed E-state index contributed by atoms with van der Waals surface area (Å²) in [4.78, 5) is 4.38. The second-order valence-corrected chi connectivity index (χ2v) is 4.78. The van der Waals surface area contributed by atoms with Gasteiger partial charge < -0.3 is 10.6 Å². The van der Waals surface area contributed by atoms with Crippen molar-refractivity contribution in [2.24, 2.45) is 0 Å². The average Bonchev–Trinajstić information content (AvgIpc) is 2.47. The molecule has 0 radical (unpaired) electrons. The van der Waals surface area contributed by atoms with Gasteiger partial charge in [0.1, 0.15) is 0 Å². The summed E-state index contributed by atoms with van der Waals surface area (Å²) < 4.78 is 0. The van der Waals surface area contributed by atoms with Crippen LogP contribution in [0.3, 0.4) is 0 Å². The normalized spacial score (nSPS) is 10.3. The van der Waals surface area contributed by atoms with Crippen LogP contribution in [0.1, 0.15) is 30.9 Å². The maximum atomic E-state index is 4.38. The number of aryl methyl sites for hydroxylation is 1. The fourth-order valence-corrected chi connectivity index (χ4v) is 1.74. The van der Waals surface area contributed by atoms with Crippen molar-refractivity contribution in [3.8, 4) is 0 Å². The zero-order chi connectivity index (χ0) is 14.2. The average molecular weight is 271 g/mol. The number of hydrogen-bond acceptors (Lipinski definition) is 5. The van der Waals surface area contributed by atoms with Crippen LogP contribution in [0.25, 0.3) is 0 Å². The summed E-state index contributed by atoms with van der Waals surface area (Å²) in [6, 6.07) is 8.43. The first kappa shape index (κ1) is 14.2. The van der Waals surface area contributed by atoms with Gasteiger partial charge in [0, 0.05) is 13.1 Å². The molecule has 2 rings (SSSR count). The summed E-state index contributed by atoms with van der Waals surface area (Å²) >= 11 is 0. The summed E-state index contributed by atoms with van der Waals surface area (Å²) in [5.41, 5.74) is 2.48. The molecule has 2 N–H and O–H groups in total. The molecule has 0 unspecified atom stereocenters. The van der Waals surface area contributed by atoms with Crippen molar-refractivity contribution in [3.05, 3.63) is 41.6 Å². The van der Waals surface area contributed by atoms with Crippen molar-refractivity contribution in [1.29, 1.82) is 0 Å². The van der Waals surface area contributed by atoms with Crippen LogP contribution in [0.4, 0.5) is 11.8 Å². The zero-order valence-electron chi connectivity index (χ0n) is 12.1. The van der Waals surface area contributed by atoms with Crippen molar-refractivity contribution in [2.75, 3.05) is 17.2 Å². The molecule has 0 amide bonds. The van der Waals surface area contributed by atoms with Crippen molar-refractivity contribution in [3.63, 3.8) is 0 Å². The molecule has 0 spiro atoms. The molecule has 0 atom stereocenters. The molecule has 1 aromatic carbocycles. The molecule has 0 aliphatic rings. The minimum absolute atomic E-state index is 0.576. The molecule has 0 saturated heterocycles. The lowest BCUT2D eigenvalue weighted by molar-refractivity contribution is 0.819. The van der Waals surface area contributed by atoms with Gasteiger partial charge >= 0.3 is 0 Å². The quantitative estimate of drug-likeness (QED) is 0.758. The summed E-state index contributed by atoms with van der Waals surface area (Å²) in [5.74, 6) is 1.31. The Morgan fingerprint density at radius 3 is 2.65 bits per heavy atom. The standard InChI is InChI=1S/C15H21N5/c1-3-4-9-16-15-19-14(11-18-20-15)17-10-13-7-5-12(2)6-8-13/h5-8,11H,3-4,9-10H2,1-2H3,(H2,16,17,19,20). The molecule has 0 aliphatic carbocycles. The van der Waals surface area contributed by atoms with Gasteiger partial charge in [0.25, 0.3) is 0 Å².